The van der Waals surface area contributed by atoms with Crippen LogP contribution in [-0.4, -0.2) is 33.6 Å². The lowest BCUT2D eigenvalue weighted by Crippen LogP contribution is -2.15. The Morgan fingerprint density at radius 2 is 1.94 bits per heavy atom. The summed E-state index contributed by atoms with van der Waals surface area (Å²) in [6.07, 6.45) is 1.54. The Hall–Kier alpha value is -2.53. The average Bonchev–Trinajstić information content (AvgIpc) is 3.09. The van der Waals surface area contributed by atoms with Crippen LogP contribution in [0.15, 0.2) is 35.4 Å². The first-order valence-electron chi connectivity index (χ1n) is 8.63. The molecule has 0 aliphatic carbocycles. The number of carbonyl (C=O) groups is 1. The molecule has 8 nitrogen and oxygen atoms in total. The lowest BCUT2D eigenvalue weighted by atomic mass is 10.1. The normalized spacial score (nSPS) is 14.8. The highest BCUT2D eigenvalue weighted by Gasteiger charge is 2.27. The van der Waals surface area contributed by atoms with E-state index in [4.69, 9.17) is 37.4 Å². The van der Waals surface area contributed by atoms with E-state index in [2.05, 4.69) is 9.71 Å². The highest BCUT2D eigenvalue weighted by atomic mass is 35.5. The largest absolute Gasteiger partial charge is 0.494 e. The number of esters is 1. The molecule has 0 saturated heterocycles. The molecule has 4 bridgehead atoms. The van der Waals surface area contributed by atoms with E-state index in [1.54, 1.807) is 18.3 Å². The number of sulfonamides is 1. The van der Waals surface area contributed by atoms with Gasteiger partial charge in [-0.05, 0) is 18.2 Å². The van der Waals surface area contributed by atoms with Gasteiger partial charge in [0.05, 0.1) is 30.5 Å². The Morgan fingerprint density at radius 3 is 2.65 bits per heavy atom. The van der Waals surface area contributed by atoms with Crippen molar-refractivity contribution in [2.45, 2.75) is 11.5 Å². The van der Waals surface area contributed by atoms with Gasteiger partial charge in [-0.15, -0.1) is 11.3 Å². The van der Waals surface area contributed by atoms with Crippen molar-refractivity contribution in [2.75, 3.05) is 18.9 Å². The van der Waals surface area contributed by atoms with Gasteiger partial charge in [-0.1, -0.05) is 23.2 Å². The fraction of sp³-hybridized carbons (Fsp3) is 0.158. The number of halogens is 2. The number of benzene rings is 1. The molecule has 0 radical (unpaired) electrons. The van der Waals surface area contributed by atoms with E-state index in [1.807, 2.05) is 0 Å². The Labute approximate surface area is 191 Å². The van der Waals surface area contributed by atoms with Gasteiger partial charge in [0.25, 0.3) is 10.0 Å². The molecule has 1 aliphatic rings. The predicted molar refractivity (Wildman–Crippen MR) is 117 cm³/mol. The summed E-state index contributed by atoms with van der Waals surface area (Å²) >= 11 is 13.7. The highest BCUT2D eigenvalue weighted by Crippen LogP contribution is 2.42. The van der Waals surface area contributed by atoms with Gasteiger partial charge in [0.2, 0.25) is 5.88 Å². The summed E-state index contributed by atoms with van der Waals surface area (Å²) in [6.45, 7) is -0.114. The number of anilines is 1. The Bertz CT molecular complexity index is 1310. The van der Waals surface area contributed by atoms with Crippen LogP contribution in [0.25, 0.3) is 10.4 Å². The van der Waals surface area contributed by atoms with Crippen LogP contribution in [0.4, 0.5) is 5.69 Å². The summed E-state index contributed by atoms with van der Waals surface area (Å²) in [5.74, 6) is -0.534. The maximum Gasteiger partial charge on any atom is 0.338 e. The number of pyridine rings is 1. The summed E-state index contributed by atoms with van der Waals surface area (Å²) in [4.78, 5) is 17.2. The molecule has 3 heterocycles. The van der Waals surface area contributed by atoms with Crippen molar-refractivity contribution in [1.29, 1.82) is 0 Å². The van der Waals surface area contributed by atoms with Crippen LogP contribution in [0, 0.1) is 0 Å². The third-order valence-corrected chi connectivity index (χ3v) is 7.51. The minimum atomic E-state index is -4.21. The van der Waals surface area contributed by atoms with Crippen LogP contribution in [-0.2, 0) is 21.4 Å². The van der Waals surface area contributed by atoms with Gasteiger partial charge in [-0.3, -0.25) is 4.72 Å². The van der Waals surface area contributed by atoms with Crippen LogP contribution in [0.2, 0.25) is 9.36 Å². The topological polar surface area (TPSA) is 104 Å². The summed E-state index contributed by atoms with van der Waals surface area (Å²) < 4.78 is 44.6. The van der Waals surface area contributed by atoms with Crippen molar-refractivity contribution >= 4 is 56.2 Å². The molecule has 0 atom stereocenters. The number of nitrogens with one attached hydrogen (secondary N) is 1. The third kappa shape index (κ3) is 4.03. The number of methoxy groups -OCH3 is 2. The summed E-state index contributed by atoms with van der Waals surface area (Å²) in [7, 11) is -1.46. The molecule has 1 N–H and O–H groups in total. The molecule has 2 aromatic heterocycles. The Kier molecular flexibility index (Phi) is 5.73. The molecular weight excluding hydrogens is 487 g/mol. The highest BCUT2D eigenvalue weighted by molar-refractivity contribution is 7.92. The van der Waals surface area contributed by atoms with Crippen molar-refractivity contribution in [2.24, 2.45) is 0 Å². The molecule has 1 aliphatic heterocycles. The fourth-order valence-corrected chi connectivity index (χ4v) is 6.00. The molecule has 1 aromatic carbocycles. The number of cyclic esters (lactones) is 1. The second-order valence-electron chi connectivity index (χ2n) is 6.35. The van der Waals surface area contributed by atoms with E-state index in [1.165, 1.54) is 20.3 Å². The lowest BCUT2D eigenvalue weighted by Gasteiger charge is -2.14. The maximum atomic E-state index is 13.1. The molecule has 0 unspecified atom stereocenters. The van der Waals surface area contributed by atoms with Gasteiger partial charge in [-0.2, -0.15) is 0 Å². The van der Waals surface area contributed by atoms with E-state index >= 15 is 0 Å². The minimum absolute atomic E-state index is 0.0516. The second kappa shape index (κ2) is 8.19. The molecule has 0 saturated carbocycles. The van der Waals surface area contributed by atoms with Crippen LogP contribution < -0.4 is 14.2 Å². The zero-order valence-electron chi connectivity index (χ0n) is 16.1. The van der Waals surface area contributed by atoms with E-state index in [9.17, 15) is 13.2 Å². The molecule has 4 rings (SSSR count). The number of nitrogens with zero attached hydrogens (tertiary/aromatic N) is 1. The summed E-state index contributed by atoms with van der Waals surface area (Å²) in [5, 5.41) is -0.0597. The third-order valence-electron chi connectivity index (χ3n) is 4.47. The molecule has 31 heavy (non-hydrogen) atoms. The molecule has 0 amide bonds. The lowest BCUT2D eigenvalue weighted by molar-refractivity contribution is 0.0472. The van der Waals surface area contributed by atoms with Gasteiger partial charge in [0.15, 0.2) is 5.75 Å². The van der Waals surface area contributed by atoms with E-state index in [-0.39, 0.29) is 37.9 Å². The van der Waals surface area contributed by atoms with E-state index < -0.39 is 16.0 Å². The van der Waals surface area contributed by atoms with Crippen molar-refractivity contribution in [3.05, 3.63) is 50.9 Å². The van der Waals surface area contributed by atoms with Crippen molar-refractivity contribution < 1.29 is 27.4 Å². The van der Waals surface area contributed by atoms with Gasteiger partial charge in [-0.25, -0.2) is 18.2 Å². The first-order chi connectivity index (χ1) is 14.7. The van der Waals surface area contributed by atoms with Crippen LogP contribution in [0.1, 0.15) is 15.9 Å². The van der Waals surface area contributed by atoms with Crippen LogP contribution in [0.5, 0.6) is 11.6 Å². The quantitative estimate of drug-likeness (QED) is 0.512. The number of thiophene rings is 1. The maximum absolute atomic E-state index is 13.1. The summed E-state index contributed by atoms with van der Waals surface area (Å²) in [5.41, 5.74) is 1.34. The number of carbonyl (C=O) groups excluding carboxylic acids is 1. The minimum Gasteiger partial charge on any atom is -0.494 e. The fourth-order valence-electron chi connectivity index (χ4n) is 3.01. The zero-order chi connectivity index (χ0) is 22.3. The Balaban J connectivity index is 1.95. The number of fused-ring (bicyclic) bond motifs is 6. The number of ether oxygens (including phenoxy) is 3. The first-order valence-corrected chi connectivity index (χ1v) is 11.7. The van der Waals surface area contributed by atoms with E-state index in [0.29, 0.717) is 21.9 Å². The average molecular weight is 501 g/mol. The van der Waals surface area contributed by atoms with Gasteiger partial charge in [0, 0.05) is 28.3 Å². The molecule has 162 valence electrons. The molecular formula is C19H14Cl2N2O6S2. The monoisotopic (exact) mass is 500 g/mol. The number of aromatic nitrogens is 1. The van der Waals surface area contributed by atoms with Crippen molar-refractivity contribution in [3.8, 4) is 22.1 Å². The molecule has 12 heteroatoms. The van der Waals surface area contributed by atoms with Gasteiger partial charge in [0.1, 0.15) is 15.8 Å². The van der Waals surface area contributed by atoms with Gasteiger partial charge < -0.3 is 14.2 Å². The number of hydrogen-bond donors (Lipinski definition) is 1. The number of rotatable bonds is 2. The summed E-state index contributed by atoms with van der Waals surface area (Å²) in [6, 6.07) is 5.63. The smallest absolute Gasteiger partial charge is 0.338 e. The predicted octanol–water partition coefficient (Wildman–Crippen LogP) is 4.61. The molecule has 0 spiro atoms. The number of hydrogen-bond acceptors (Lipinski definition) is 8. The van der Waals surface area contributed by atoms with E-state index in [0.717, 1.165) is 17.4 Å². The van der Waals surface area contributed by atoms with Crippen LogP contribution in [0.3, 0.4) is 0 Å². The molecule has 3 aromatic rings. The van der Waals surface area contributed by atoms with Crippen molar-refractivity contribution in [3.63, 3.8) is 0 Å². The Morgan fingerprint density at radius 1 is 1.16 bits per heavy atom. The van der Waals surface area contributed by atoms with Gasteiger partial charge >= 0.3 is 5.97 Å². The van der Waals surface area contributed by atoms with Crippen LogP contribution >= 0.6 is 34.5 Å². The first kappa shape index (κ1) is 21.7. The van der Waals surface area contributed by atoms with Crippen molar-refractivity contribution in [1.82, 2.24) is 4.98 Å². The SMILES string of the molecule is COc1cc2c(cn1)-c1cc(c(Cl)s1)NS(=O)(=O)c1cc(cc(Cl)c1OC)C(=O)OC2. The second-order valence-corrected chi connectivity index (χ2v) is 10.1. The zero-order valence-corrected chi connectivity index (χ0v) is 19.2. The standard InChI is InChI=1S/C19H14Cl2N2O6S2/c1-27-16-5-10-8-29-19(24)9-3-12(20)17(28-2)15(4-9)31(25,26)23-13-6-14(30-18(13)21)11(10)7-22-16/h3-7,23H,8H2,1-2H3. The molecule has 0 fully saturated rings.